The molecule has 0 saturated heterocycles. The maximum Gasteiger partial charge on any atom is 0.329 e. The fourth-order valence-corrected chi connectivity index (χ4v) is 2.80. The molecule has 0 heterocycles. The minimum atomic E-state index is -1.28. The Kier molecular flexibility index (Phi) is 2.90. The molecular weight excluding hydrogens is 252 g/mol. The van der Waals surface area contributed by atoms with Crippen LogP contribution in [0.4, 0.5) is 0 Å². The Hall–Kier alpha value is -2.42. The fourth-order valence-electron chi connectivity index (χ4n) is 2.80. The number of ether oxygens (including phenoxy) is 1. The van der Waals surface area contributed by atoms with Crippen molar-refractivity contribution >= 4 is 11.8 Å². The van der Waals surface area contributed by atoms with E-state index in [4.69, 9.17) is 4.74 Å². The normalized spacial score (nSPS) is 19.9. The fraction of sp³-hybridized carbons (Fsp3) is 0.176. The Bertz CT molecular complexity index is 676. The van der Waals surface area contributed by atoms with Gasteiger partial charge in [-0.25, -0.2) is 0 Å². The summed E-state index contributed by atoms with van der Waals surface area (Å²) in [6.07, 6.45) is 0. The molecule has 1 aliphatic carbocycles. The molecule has 0 N–H and O–H groups in total. The zero-order chi connectivity index (χ0) is 14.2. The van der Waals surface area contributed by atoms with Gasteiger partial charge in [-0.1, -0.05) is 54.6 Å². The molecule has 0 aliphatic heterocycles. The predicted molar refractivity (Wildman–Crippen MR) is 74.6 cm³/mol. The van der Waals surface area contributed by atoms with E-state index < -0.39 is 11.4 Å². The van der Waals surface area contributed by atoms with Crippen LogP contribution in [0.25, 0.3) is 0 Å². The molecule has 0 saturated carbocycles. The first-order chi connectivity index (χ1) is 9.72. The van der Waals surface area contributed by atoms with E-state index >= 15 is 0 Å². The van der Waals surface area contributed by atoms with E-state index in [1.807, 2.05) is 30.3 Å². The summed E-state index contributed by atoms with van der Waals surface area (Å²) in [5.74, 6) is -0.673. The number of carbonyl (C=O) groups excluding carboxylic acids is 2. The van der Waals surface area contributed by atoms with Crippen LogP contribution < -0.4 is 0 Å². The highest BCUT2D eigenvalue weighted by Crippen LogP contribution is 2.46. The van der Waals surface area contributed by atoms with E-state index in [0.29, 0.717) is 11.1 Å². The molecule has 0 bridgehead atoms. The highest BCUT2D eigenvalue weighted by atomic mass is 16.5. The third-order valence-electron chi connectivity index (χ3n) is 3.70. The number of benzene rings is 2. The summed E-state index contributed by atoms with van der Waals surface area (Å²) in [5.41, 5.74) is 0.717. The van der Waals surface area contributed by atoms with Crippen molar-refractivity contribution in [3.05, 3.63) is 71.3 Å². The Morgan fingerprint density at radius 1 is 1.05 bits per heavy atom. The maximum absolute atomic E-state index is 12.6. The first kappa shape index (κ1) is 12.6. The van der Waals surface area contributed by atoms with Crippen LogP contribution in [0.5, 0.6) is 0 Å². The van der Waals surface area contributed by atoms with Crippen LogP contribution in [0, 0.1) is 0 Å². The molecule has 1 unspecified atom stereocenters. The van der Waals surface area contributed by atoms with Gasteiger partial charge in [0.1, 0.15) is 0 Å². The standard InChI is InChI=1S/C17H14O3/c1-2-20-16(19)17(12-8-4-3-5-9-12)14-11-7-6-10-13(14)15(17)18/h3-11H,2H2,1H3. The largest absolute Gasteiger partial charge is 0.465 e. The first-order valence-corrected chi connectivity index (χ1v) is 6.60. The summed E-state index contributed by atoms with van der Waals surface area (Å²) in [6.45, 7) is 1.99. The summed E-state index contributed by atoms with van der Waals surface area (Å²) in [4.78, 5) is 25.1. The lowest BCUT2D eigenvalue weighted by molar-refractivity contribution is -0.147. The van der Waals surface area contributed by atoms with Gasteiger partial charge in [-0.2, -0.15) is 0 Å². The molecule has 2 aromatic rings. The van der Waals surface area contributed by atoms with Crippen molar-refractivity contribution in [3.8, 4) is 0 Å². The third-order valence-corrected chi connectivity index (χ3v) is 3.70. The van der Waals surface area contributed by atoms with E-state index in [1.165, 1.54) is 0 Å². The molecule has 0 radical (unpaired) electrons. The van der Waals surface area contributed by atoms with Crippen LogP contribution in [-0.4, -0.2) is 18.4 Å². The highest BCUT2D eigenvalue weighted by Gasteiger charge is 2.59. The monoisotopic (exact) mass is 266 g/mol. The van der Waals surface area contributed by atoms with Gasteiger partial charge in [-0.3, -0.25) is 9.59 Å². The highest BCUT2D eigenvalue weighted by molar-refractivity contribution is 6.28. The Morgan fingerprint density at radius 2 is 1.70 bits per heavy atom. The van der Waals surface area contributed by atoms with Gasteiger partial charge in [-0.05, 0) is 18.1 Å². The van der Waals surface area contributed by atoms with Crippen LogP contribution in [0.2, 0.25) is 0 Å². The van der Waals surface area contributed by atoms with Crippen molar-refractivity contribution in [2.24, 2.45) is 0 Å². The molecule has 3 rings (SSSR count). The van der Waals surface area contributed by atoms with Gasteiger partial charge in [-0.15, -0.1) is 0 Å². The van der Waals surface area contributed by atoms with Gasteiger partial charge < -0.3 is 4.74 Å². The minimum absolute atomic E-state index is 0.183. The zero-order valence-corrected chi connectivity index (χ0v) is 11.1. The third kappa shape index (κ3) is 1.46. The van der Waals surface area contributed by atoms with Gasteiger partial charge in [0.2, 0.25) is 0 Å². The minimum Gasteiger partial charge on any atom is -0.465 e. The van der Waals surface area contributed by atoms with Gasteiger partial charge in [0, 0.05) is 5.56 Å². The van der Waals surface area contributed by atoms with Crippen molar-refractivity contribution in [2.75, 3.05) is 6.61 Å². The molecule has 1 atom stereocenters. The lowest BCUT2D eigenvalue weighted by Gasteiger charge is -2.40. The van der Waals surface area contributed by atoms with Crippen LogP contribution in [0.3, 0.4) is 0 Å². The van der Waals surface area contributed by atoms with Gasteiger partial charge in [0.05, 0.1) is 6.61 Å². The Balaban J connectivity index is 2.23. The molecule has 20 heavy (non-hydrogen) atoms. The lowest BCUT2D eigenvalue weighted by atomic mass is 9.59. The molecule has 3 heteroatoms. The number of Topliss-reactive ketones (excluding diaryl/α,β-unsaturated/α-hetero) is 1. The number of hydrogen-bond acceptors (Lipinski definition) is 3. The average molecular weight is 266 g/mol. The number of carbonyl (C=O) groups is 2. The SMILES string of the molecule is CCOC(=O)C1(c2ccccc2)C(=O)c2ccccc21. The molecule has 0 fully saturated rings. The van der Waals surface area contributed by atoms with Gasteiger partial charge in [0.15, 0.2) is 11.2 Å². The van der Waals surface area contributed by atoms with Gasteiger partial charge in [0.25, 0.3) is 0 Å². The van der Waals surface area contributed by atoms with Crippen LogP contribution >= 0.6 is 0 Å². The average Bonchev–Trinajstić information content (AvgIpc) is 2.49. The molecule has 0 aromatic heterocycles. The quantitative estimate of drug-likeness (QED) is 0.633. The number of hydrogen-bond donors (Lipinski definition) is 0. The van der Waals surface area contributed by atoms with E-state index in [2.05, 4.69) is 0 Å². The summed E-state index contributed by atoms with van der Waals surface area (Å²) in [7, 11) is 0. The summed E-state index contributed by atoms with van der Waals surface area (Å²) < 4.78 is 5.17. The second-order valence-electron chi connectivity index (χ2n) is 4.71. The summed E-state index contributed by atoms with van der Waals surface area (Å²) in [6, 6.07) is 16.3. The first-order valence-electron chi connectivity index (χ1n) is 6.60. The van der Waals surface area contributed by atoms with E-state index in [1.54, 1.807) is 31.2 Å². The maximum atomic E-state index is 12.6. The molecule has 100 valence electrons. The molecule has 0 spiro atoms. The van der Waals surface area contributed by atoms with Crippen molar-refractivity contribution in [1.82, 2.24) is 0 Å². The molecule has 2 aromatic carbocycles. The topological polar surface area (TPSA) is 43.4 Å². The number of rotatable bonds is 3. The van der Waals surface area contributed by atoms with Crippen LogP contribution in [0.15, 0.2) is 54.6 Å². The second-order valence-corrected chi connectivity index (χ2v) is 4.71. The number of fused-ring (bicyclic) bond motifs is 1. The molecule has 1 aliphatic rings. The van der Waals surface area contributed by atoms with Crippen LogP contribution in [-0.2, 0) is 14.9 Å². The smallest absolute Gasteiger partial charge is 0.329 e. The number of ketones is 1. The number of esters is 1. The molecule has 0 amide bonds. The van der Waals surface area contributed by atoms with Crippen molar-refractivity contribution < 1.29 is 14.3 Å². The zero-order valence-electron chi connectivity index (χ0n) is 11.1. The predicted octanol–water partition coefficient (Wildman–Crippen LogP) is 2.73. The van der Waals surface area contributed by atoms with E-state index in [9.17, 15) is 9.59 Å². The Labute approximate surface area is 117 Å². The van der Waals surface area contributed by atoms with E-state index in [0.717, 1.165) is 5.56 Å². The molecular formula is C17H14O3. The van der Waals surface area contributed by atoms with Crippen molar-refractivity contribution in [3.63, 3.8) is 0 Å². The van der Waals surface area contributed by atoms with Gasteiger partial charge >= 0.3 is 5.97 Å². The van der Waals surface area contributed by atoms with Crippen molar-refractivity contribution in [1.29, 1.82) is 0 Å². The molecule has 3 nitrogen and oxygen atoms in total. The van der Waals surface area contributed by atoms with Crippen molar-refractivity contribution in [2.45, 2.75) is 12.3 Å². The summed E-state index contributed by atoms with van der Waals surface area (Å²) >= 11 is 0. The lowest BCUT2D eigenvalue weighted by Crippen LogP contribution is -2.54. The van der Waals surface area contributed by atoms with Crippen LogP contribution in [0.1, 0.15) is 28.4 Å². The van der Waals surface area contributed by atoms with E-state index in [-0.39, 0.29) is 12.4 Å². The second kappa shape index (κ2) is 4.60. The summed E-state index contributed by atoms with van der Waals surface area (Å²) in [5, 5.41) is 0. The Morgan fingerprint density at radius 3 is 2.40 bits per heavy atom.